The Kier molecular flexibility index (Phi) is 7.64. The van der Waals surface area contributed by atoms with Crippen LogP contribution in [0.15, 0.2) is 241 Å². The highest BCUT2D eigenvalue weighted by atomic mass is 16.3. The number of rotatable bonds is 5. The third kappa shape index (κ3) is 5.05. The summed E-state index contributed by atoms with van der Waals surface area (Å²) in [6, 6.07) is 87.1. The van der Waals surface area contributed by atoms with Crippen molar-refractivity contribution in [1.29, 1.82) is 0 Å². The molecular formula is C63H39NO. The second kappa shape index (κ2) is 13.8. The molecule has 1 heterocycles. The normalized spacial score (nSPS) is 13.0. The second-order valence-corrected chi connectivity index (χ2v) is 17.5. The molecule has 65 heavy (non-hydrogen) atoms. The summed E-state index contributed by atoms with van der Waals surface area (Å²) < 4.78 is 6.96. The van der Waals surface area contributed by atoms with Crippen molar-refractivity contribution >= 4 is 60.5 Å². The first-order chi connectivity index (χ1) is 32.3. The van der Waals surface area contributed by atoms with E-state index in [1.807, 2.05) is 0 Å². The maximum absolute atomic E-state index is 6.96. The molecule has 0 unspecified atom stereocenters. The Morgan fingerprint density at radius 1 is 0.338 bits per heavy atom. The molecule has 0 fully saturated rings. The minimum Gasteiger partial charge on any atom is -0.455 e. The van der Waals surface area contributed by atoms with Crippen molar-refractivity contribution in [3.05, 3.63) is 259 Å². The molecule has 2 aliphatic carbocycles. The molecule has 12 aromatic rings. The Morgan fingerprint density at radius 3 is 1.68 bits per heavy atom. The van der Waals surface area contributed by atoms with E-state index in [0.717, 1.165) is 55.3 Å². The molecule has 0 amide bonds. The number of hydrogen-bond donors (Lipinski definition) is 0. The zero-order chi connectivity index (χ0) is 42.6. The summed E-state index contributed by atoms with van der Waals surface area (Å²) in [5, 5.41) is 6.85. The maximum Gasteiger partial charge on any atom is 0.143 e. The Balaban J connectivity index is 1.08. The SMILES string of the molecule is c1ccc(-c2ccc(N(c3cccc4c3-c3ccccc3C43c4ccccc4-c4ccccc43)c3cc4c(oc5cccc(-c6ccc7ccccc7c6)c54)c4ccccc34)cc2)cc1. The van der Waals surface area contributed by atoms with Crippen LogP contribution in [0.3, 0.4) is 0 Å². The molecule has 0 aliphatic heterocycles. The van der Waals surface area contributed by atoms with Crippen LogP contribution in [-0.2, 0) is 5.41 Å². The van der Waals surface area contributed by atoms with E-state index in [2.05, 4.69) is 241 Å². The van der Waals surface area contributed by atoms with Crippen LogP contribution in [-0.4, -0.2) is 0 Å². The molecular weight excluding hydrogens is 787 g/mol. The summed E-state index contributed by atoms with van der Waals surface area (Å²) in [6.07, 6.45) is 0. The van der Waals surface area contributed by atoms with Crippen LogP contribution < -0.4 is 4.90 Å². The highest BCUT2D eigenvalue weighted by molar-refractivity contribution is 6.23. The zero-order valence-electron chi connectivity index (χ0n) is 35.4. The lowest BCUT2D eigenvalue weighted by Crippen LogP contribution is -2.26. The molecule has 0 saturated carbocycles. The van der Waals surface area contributed by atoms with Gasteiger partial charge in [-0.15, -0.1) is 0 Å². The van der Waals surface area contributed by atoms with Gasteiger partial charge in [-0.05, 0) is 108 Å². The molecule has 0 bridgehead atoms. The molecule has 0 N–H and O–H groups in total. The number of fused-ring (bicyclic) bond motifs is 16. The summed E-state index contributed by atoms with van der Waals surface area (Å²) in [6.45, 7) is 0. The topological polar surface area (TPSA) is 16.4 Å². The highest BCUT2D eigenvalue weighted by Gasteiger charge is 2.52. The van der Waals surface area contributed by atoms with Crippen LogP contribution in [0.25, 0.3) is 88.0 Å². The predicted octanol–water partition coefficient (Wildman–Crippen LogP) is 17.0. The van der Waals surface area contributed by atoms with E-state index in [9.17, 15) is 0 Å². The van der Waals surface area contributed by atoms with Crippen LogP contribution in [0.2, 0.25) is 0 Å². The van der Waals surface area contributed by atoms with E-state index in [4.69, 9.17) is 4.42 Å². The van der Waals surface area contributed by atoms with Gasteiger partial charge in [0.1, 0.15) is 11.2 Å². The Hall–Kier alpha value is -8.46. The minimum atomic E-state index is -0.473. The summed E-state index contributed by atoms with van der Waals surface area (Å²) in [5.74, 6) is 0. The Bertz CT molecular complexity index is 3850. The van der Waals surface area contributed by atoms with Crippen LogP contribution in [0.4, 0.5) is 17.1 Å². The number of nitrogens with zero attached hydrogens (tertiary/aromatic N) is 1. The van der Waals surface area contributed by atoms with Crippen molar-refractivity contribution < 1.29 is 4.42 Å². The molecule has 2 aliphatic rings. The molecule has 0 radical (unpaired) electrons. The van der Waals surface area contributed by atoms with Gasteiger partial charge in [0.05, 0.1) is 16.8 Å². The minimum absolute atomic E-state index is 0.473. The summed E-state index contributed by atoms with van der Waals surface area (Å²) in [4.78, 5) is 2.52. The van der Waals surface area contributed by atoms with Crippen molar-refractivity contribution in [3.8, 4) is 44.5 Å². The van der Waals surface area contributed by atoms with Crippen molar-refractivity contribution in [2.45, 2.75) is 5.41 Å². The number of anilines is 3. The van der Waals surface area contributed by atoms with Crippen molar-refractivity contribution in [2.75, 3.05) is 4.90 Å². The maximum atomic E-state index is 6.96. The van der Waals surface area contributed by atoms with Gasteiger partial charge in [0.2, 0.25) is 0 Å². The third-order valence-corrected chi connectivity index (χ3v) is 14.3. The van der Waals surface area contributed by atoms with Gasteiger partial charge in [-0.1, -0.05) is 200 Å². The van der Waals surface area contributed by atoms with Crippen LogP contribution >= 0.6 is 0 Å². The summed E-state index contributed by atoms with van der Waals surface area (Å²) in [5.41, 5.74) is 19.7. The molecule has 1 aromatic heterocycles. The molecule has 11 aromatic carbocycles. The smallest absolute Gasteiger partial charge is 0.143 e. The fourth-order valence-electron chi connectivity index (χ4n) is 11.6. The lowest BCUT2D eigenvalue weighted by Gasteiger charge is -2.32. The first-order valence-corrected chi connectivity index (χ1v) is 22.5. The zero-order valence-corrected chi connectivity index (χ0v) is 35.4. The summed E-state index contributed by atoms with van der Waals surface area (Å²) >= 11 is 0. The molecule has 302 valence electrons. The third-order valence-electron chi connectivity index (χ3n) is 14.3. The van der Waals surface area contributed by atoms with E-state index in [1.165, 1.54) is 72.0 Å². The van der Waals surface area contributed by atoms with Gasteiger partial charge in [0.25, 0.3) is 0 Å². The van der Waals surface area contributed by atoms with Gasteiger partial charge in [-0.3, -0.25) is 0 Å². The summed E-state index contributed by atoms with van der Waals surface area (Å²) in [7, 11) is 0. The van der Waals surface area contributed by atoms with Crippen LogP contribution in [0.1, 0.15) is 22.3 Å². The highest BCUT2D eigenvalue weighted by Crippen LogP contribution is 2.65. The van der Waals surface area contributed by atoms with Gasteiger partial charge in [-0.2, -0.15) is 0 Å². The second-order valence-electron chi connectivity index (χ2n) is 17.5. The first-order valence-electron chi connectivity index (χ1n) is 22.5. The van der Waals surface area contributed by atoms with Gasteiger partial charge in [0.15, 0.2) is 0 Å². The van der Waals surface area contributed by atoms with Gasteiger partial charge >= 0.3 is 0 Å². The van der Waals surface area contributed by atoms with E-state index in [1.54, 1.807) is 0 Å². The molecule has 1 spiro atoms. The monoisotopic (exact) mass is 825 g/mol. The largest absolute Gasteiger partial charge is 0.455 e. The molecule has 0 saturated heterocycles. The van der Waals surface area contributed by atoms with E-state index < -0.39 is 5.41 Å². The Morgan fingerprint density at radius 2 is 0.908 bits per heavy atom. The predicted molar refractivity (Wildman–Crippen MR) is 271 cm³/mol. The number of benzene rings is 11. The van der Waals surface area contributed by atoms with Gasteiger partial charge in [-0.25, -0.2) is 0 Å². The average molecular weight is 826 g/mol. The van der Waals surface area contributed by atoms with Crippen LogP contribution in [0.5, 0.6) is 0 Å². The molecule has 14 rings (SSSR count). The standard InChI is InChI=1S/C63H39NO/c1-2-16-40(17-3-1)42-34-36-45(37-35-42)64(57-30-15-29-56-61(57)51-24-10-13-28-55(51)63(56)53-26-11-8-20-47(53)48-21-9-12-27-54(48)63)58-39-52-60-46(44-33-32-41-18-4-5-19-43(41)38-44)25-14-31-59(60)65-62(52)50-23-7-6-22-49(50)58/h1-39H. The van der Waals surface area contributed by atoms with Gasteiger partial charge < -0.3 is 9.32 Å². The van der Waals surface area contributed by atoms with Gasteiger partial charge in [0, 0.05) is 32.8 Å². The number of furan rings is 1. The molecule has 0 atom stereocenters. The Labute approximate surface area is 376 Å². The quantitative estimate of drug-likeness (QED) is 0.172. The first kappa shape index (κ1) is 36.1. The van der Waals surface area contributed by atoms with E-state index in [-0.39, 0.29) is 0 Å². The van der Waals surface area contributed by atoms with Crippen molar-refractivity contribution in [2.24, 2.45) is 0 Å². The lowest BCUT2D eigenvalue weighted by molar-refractivity contribution is 0.673. The lowest BCUT2D eigenvalue weighted by atomic mass is 9.70. The fraction of sp³-hybridized carbons (Fsp3) is 0.0159. The van der Waals surface area contributed by atoms with E-state index >= 15 is 0 Å². The molecule has 2 heteroatoms. The van der Waals surface area contributed by atoms with Crippen molar-refractivity contribution in [1.82, 2.24) is 0 Å². The van der Waals surface area contributed by atoms with Crippen molar-refractivity contribution in [3.63, 3.8) is 0 Å². The van der Waals surface area contributed by atoms with E-state index in [0.29, 0.717) is 0 Å². The average Bonchev–Trinajstić information content (AvgIpc) is 4.02. The van der Waals surface area contributed by atoms with Crippen LogP contribution in [0, 0.1) is 0 Å². The molecule has 2 nitrogen and oxygen atoms in total. The fourth-order valence-corrected chi connectivity index (χ4v) is 11.6. The number of hydrogen-bond acceptors (Lipinski definition) is 2.